The largest absolute Gasteiger partial charge is 0.361 e. The van der Waals surface area contributed by atoms with Crippen molar-refractivity contribution in [2.45, 2.75) is 5.92 Å². The SMILES string of the molecule is O=C(NC[C@H](c1cccs1)c1c[nH]c2ccccc12)c1c(F)cccc1F. The Bertz CT molecular complexity index is 1070. The molecule has 2 heterocycles. The van der Waals surface area contributed by atoms with E-state index >= 15 is 0 Å². The number of aromatic nitrogens is 1. The average molecular weight is 382 g/mol. The number of nitrogens with one attached hydrogen (secondary N) is 2. The average Bonchev–Trinajstić information content (AvgIpc) is 3.32. The number of carbonyl (C=O) groups excluding carboxylic acids is 1. The molecule has 0 fully saturated rings. The van der Waals surface area contributed by atoms with Crippen molar-refractivity contribution in [3.63, 3.8) is 0 Å². The number of amides is 1. The van der Waals surface area contributed by atoms with Gasteiger partial charge in [-0.2, -0.15) is 0 Å². The minimum atomic E-state index is -0.868. The van der Waals surface area contributed by atoms with Crippen molar-refractivity contribution in [1.29, 1.82) is 0 Å². The fourth-order valence-electron chi connectivity index (χ4n) is 3.23. The van der Waals surface area contributed by atoms with E-state index in [-0.39, 0.29) is 12.5 Å². The third-order valence-electron chi connectivity index (χ3n) is 4.54. The molecule has 1 atom stereocenters. The van der Waals surface area contributed by atoms with E-state index in [1.165, 1.54) is 6.07 Å². The summed E-state index contributed by atoms with van der Waals surface area (Å²) in [5.41, 5.74) is 1.48. The Balaban J connectivity index is 1.64. The first-order valence-electron chi connectivity index (χ1n) is 8.47. The van der Waals surface area contributed by atoms with Gasteiger partial charge in [0, 0.05) is 34.4 Å². The lowest BCUT2D eigenvalue weighted by Crippen LogP contribution is -2.30. The Labute approximate surface area is 158 Å². The molecule has 4 rings (SSSR count). The third kappa shape index (κ3) is 3.36. The van der Waals surface area contributed by atoms with E-state index in [1.54, 1.807) is 11.3 Å². The molecule has 0 saturated heterocycles. The van der Waals surface area contributed by atoms with Crippen LogP contribution in [0.3, 0.4) is 0 Å². The Kier molecular flexibility index (Phi) is 4.73. The standard InChI is InChI=1S/C21H16F2N2OS/c22-16-6-3-7-17(23)20(16)21(26)25-12-15(19-9-4-10-27-19)14-11-24-18-8-2-1-5-13(14)18/h1-11,15,24H,12H2,(H,25,26)/t15-/m0/s1. The first kappa shape index (κ1) is 17.4. The molecule has 27 heavy (non-hydrogen) atoms. The van der Waals surface area contributed by atoms with E-state index in [0.717, 1.165) is 33.5 Å². The monoisotopic (exact) mass is 382 g/mol. The van der Waals surface area contributed by atoms with Gasteiger partial charge in [0.2, 0.25) is 0 Å². The number of thiophene rings is 1. The van der Waals surface area contributed by atoms with Gasteiger partial charge >= 0.3 is 0 Å². The number of hydrogen-bond acceptors (Lipinski definition) is 2. The molecule has 2 aromatic carbocycles. The summed E-state index contributed by atoms with van der Waals surface area (Å²) in [6, 6.07) is 15.2. The molecule has 0 radical (unpaired) electrons. The minimum Gasteiger partial charge on any atom is -0.361 e. The minimum absolute atomic E-state index is 0.125. The molecule has 6 heteroatoms. The zero-order valence-corrected chi connectivity index (χ0v) is 15.0. The molecule has 0 aliphatic heterocycles. The van der Waals surface area contributed by atoms with Crippen LogP contribution in [0.5, 0.6) is 0 Å². The normalized spacial score (nSPS) is 12.2. The predicted molar refractivity (Wildman–Crippen MR) is 103 cm³/mol. The quantitative estimate of drug-likeness (QED) is 0.497. The molecule has 4 aromatic rings. The summed E-state index contributed by atoms with van der Waals surface area (Å²) in [7, 11) is 0. The van der Waals surface area contributed by atoms with Crippen LogP contribution in [0.2, 0.25) is 0 Å². The Hall–Kier alpha value is -2.99. The lowest BCUT2D eigenvalue weighted by Gasteiger charge is -2.16. The van der Waals surface area contributed by atoms with Gasteiger partial charge in [0.15, 0.2) is 0 Å². The topological polar surface area (TPSA) is 44.9 Å². The second-order valence-corrected chi connectivity index (χ2v) is 7.14. The van der Waals surface area contributed by atoms with Crippen LogP contribution in [0.1, 0.15) is 26.7 Å². The molecule has 0 aliphatic rings. The summed E-state index contributed by atoms with van der Waals surface area (Å²) in [5.74, 6) is -2.62. The Morgan fingerprint density at radius 2 is 1.81 bits per heavy atom. The van der Waals surface area contributed by atoms with E-state index in [9.17, 15) is 13.6 Å². The first-order valence-corrected chi connectivity index (χ1v) is 9.34. The van der Waals surface area contributed by atoms with Gasteiger partial charge in [0.1, 0.15) is 17.2 Å². The summed E-state index contributed by atoms with van der Waals surface area (Å²) in [5, 5.41) is 5.72. The van der Waals surface area contributed by atoms with Crippen LogP contribution >= 0.6 is 11.3 Å². The number of benzene rings is 2. The summed E-state index contributed by atoms with van der Waals surface area (Å²) >= 11 is 1.58. The van der Waals surface area contributed by atoms with Crippen LogP contribution in [0.4, 0.5) is 8.78 Å². The molecule has 0 unspecified atom stereocenters. The summed E-state index contributed by atoms with van der Waals surface area (Å²) in [6.45, 7) is 0.231. The lowest BCUT2D eigenvalue weighted by molar-refractivity contribution is 0.0944. The van der Waals surface area contributed by atoms with Gasteiger partial charge in [-0.15, -0.1) is 11.3 Å². The van der Waals surface area contributed by atoms with Gasteiger partial charge in [0.25, 0.3) is 5.91 Å². The molecule has 0 aliphatic carbocycles. The van der Waals surface area contributed by atoms with Crippen molar-refractivity contribution >= 4 is 28.1 Å². The number of hydrogen-bond donors (Lipinski definition) is 2. The number of fused-ring (bicyclic) bond motifs is 1. The van der Waals surface area contributed by atoms with E-state index in [4.69, 9.17) is 0 Å². The van der Waals surface area contributed by atoms with Crippen LogP contribution in [0, 0.1) is 11.6 Å². The van der Waals surface area contributed by atoms with Gasteiger partial charge in [-0.1, -0.05) is 30.3 Å². The van der Waals surface area contributed by atoms with Crippen LogP contribution in [0.25, 0.3) is 10.9 Å². The van der Waals surface area contributed by atoms with E-state index in [2.05, 4.69) is 10.3 Å². The molecular weight excluding hydrogens is 366 g/mol. The molecular formula is C21H16F2N2OS. The zero-order chi connectivity index (χ0) is 18.8. The predicted octanol–water partition coefficient (Wildman–Crippen LogP) is 5.07. The van der Waals surface area contributed by atoms with Gasteiger partial charge in [-0.25, -0.2) is 8.78 Å². The fourth-order valence-corrected chi connectivity index (χ4v) is 4.08. The second kappa shape index (κ2) is 7.32. The molecule has 2 aromatic heterocycles. The van der Waals surface area contributed by atoms with Gasteiger partial charge in [-0.05, 0) is 35.2 Å². The van der Waals surface area contributed by atoms with Crippen molar-refractivity contribution in [3.8, 4) is 0 Å². The smallest absolute Gasteiger partial charge is 0.257 e. The molecule has 1 amide bonds. The highest BCUT2D eigenvalue weighted by molar-refractivity contribution is 7.10. The second-order valence-electron chi connectivity index (χ2n) is 6.16. The molecule has 136 valence electrons. The van der Waals surface area contributed by atoms with Crippen molar-refractivity contribution in [2.75, 3.05) is 6.54 Å². The molecule has 0 spiro atoms. The van der Waals surface area contributed by atoms with Crippen LogP contribution < -0.4 is 5.32 Å². The van der Waals surface area contributed by atoms with Gasteiger partial charge in [-0.3, -0.25) is 4.79 Å². The maximum atomic E-state index is 13.9. The van der Waals surface area contributed by atoms with Crippen molar-refractivity contribution < 1.29 is 13.6 Å². The van der Waals surface area contributed by atoms with E-state index < -0.39 is 23.1 Å². The van der Waals surface area contributed by atoms with E-state index in [0.29, 0.717) is 0 Å². The summed E-state index contributed by atoms with van der Waals surface area (Å²) < 4.78 is 27.8. The number of H-pyrrole nitrogens is 1. The fraction of sp³-hybridized carbons (Fsp3) is 0.0952. The highest BCUT2D eigenvalue weighted by atomic mass is 32.1. The maximum absolute atomic E-state index is 13.9. The van der Waals surface area contributed by atoms with Crippen LogP contribution in [-0.4, -0.2) is 17.4 Å². The van der Waals surface area contributed by atoms with Gasteiger partial charge < -0.3 is 10.3 Å². The molecule has 3 nitrogen and oxygen atoms in total. The zero-order valence-electron chi connectivity index (χ0n) is 14.2. The van der Waals surface area contributed by atoms with Crippen molar-refractivity contribution in [2.24, 2.45) is 0 Å². The first-order chi connectivity index (χ1) is 13.1. The summed E-state index contributed by atoms with van der Waals surface area (Å²) in [4.78, 5) is 16.7. The molecule has 0 saturated carbocycles. The third-order valence-corrected chi connectivity index (χ3v) is 5.53. The molecule has 2 N–H and O–H groups in total. The van der Waals surface area contributed by atoms with Crippen molar-refractivity contribution in [1.82, 2.24) is 10.3 Å². The Morgan fingerprint density at radius 3 is 2.56 bits per heavy atom. The number of rotatable bonds is 5. The number of carbonyl (C=O) groups is 1. The Morgan fingerprint density at radius 1 is 1.04 bits per heavy atom. The highest BCUT2D eigenvalue weighted by Gasteiger charge is 2.22. The van der Waals surface area contributed by atoms with Crippen molar-refractivity contribution in [3.05, 3.63) is 93.8 Å². The maximum Gasteiger partial charge on any atom is 0.257 e. The number of aromatic amines is 1. The number of para-hydroxylation sites is 1. The molecule has 0 bridgehead atoms. The number of halogens is 2. The summed E-state index contributed by atoms with van der Waals surface area (Å²) in [6.07, 6.45) is 1.92. The van der Waals surface area contributed by atoms with E-state index in [1.807, 2.05) is 48.0 Å². The van der Waals surface area contributed by atoms with Gasteiger partial charge in [0.05, 0.1) is 0 Å². The lowest BCUT2D eigenvalue weighted by atomic mass is 9.96. The van der Waals surface area contributed by atoms with Crippen LogP contribution in [-0.2, 0) is 0 Å². The highest BCUT2D eigenvalue weighted by Crippen LogP contribution is 2.32. The van der Waals surface area contributed by atoms with Crippen LogP contribution in [0.15, 0.2) is 66.2 Å².